The summed E-state index contributed by atoms with van der Waals surface area (Å²) in [6, 6.07) is 0. The van der Waals surface area contributed by atoms with Gasteiger partial charge in [0.15, 0.2) is 5.84 Å². The normalized spacial score (nSPS) is 10.2. The lowest BCUT2D eigenvalue weighted by Gasteiger charge is -1.84. The van der Waals surface area contributed by atoms with Crippen molar-refractivity contribution in [2.24, 2.45) is 20.7 Å². The number of hydrogen-bond acceptors (Lipinski definition) is 5. The summed E-state index contributed by atoms with van der Waals surface area (Å²) in [6.07, 6.45) is 0.701. The molecule has 1 N–H and O–H groups in total. The number of nitrogens with zero attached hydrogens (tertiary/aromatic N) is 8. The summed E-state index contributed by atoms with van der Waals surface area (Å²) in [4.78, 5) is 8.37. The molecule has 0 atom stereocenters. The second-order valence-corrected chi connectivity index (χ2v) is 1.14. The van der Waals surface area contributed by atoms with Gasteiger partial charge in [0.25, 0.3) is 0 Å². The number of azide groups is 2. The highest BCUT2D eigenvalue weighted by Gasteiger charge is 1.89. The van der Waals surface area contributed by atoms with Gasteiger partial charge >= 0.3 is 0 Å². The molecule has 12 heavy (non-hydrogen) atoms. The summed E-state index contributed by atoms with van der Waals surface area (Å²) < 4.78 is 0. The van der Waals surface area contributed by atoms with E-state index in [-0.39, 0.29) is 5.84 Å². The van der Waals surface area contributed by atoms with Crippen LogP contribution >= 0.6 is 0 Å². The molecule has 0 spiro atoms. The average molecular weight is 170 g/mol. The quantitative estimate of drug-likeness (QED) is 0.129. The first-order valence-corrected chi connectivity index (χ1v) is 2.36. The summed E-state index contributed by atoms with van der Waals surface area (Å²) in [5, 5.41) is 18.9. The molecule has 0 unspecified atom stereocenters. The summed E-state index contributed by atoms with van der Waals surface area (Å²) in [5.41, 5.74) is 15.6. The lowest BCUT2D eigenvalue weighted by atomic mass is 10.7. The maximum absolute atomic E-state index is 7.97. The Morgan fingerprint density at radius 1 is 1.42 bits per heavy atom. The van der Waals surface area contributed by atoms with E-state index in [4.69, 9.17) is 16.3 Å². The van der Waals surface area contributed by atoms with Crippen LogP contribution in [0.5, 0.6) is 0 Å². The van der Waals surface area contributed by atoms with Crippen LogP contribution in [0.2, 0.25) is 0 Å². The summed E-state index contributed by atoms with van der Waals surface area (Å²) in [5.74, 6) is -0.382. The Labute approximate surface area is 64.9 Å². The molecule has 0 radical (unpaired) electrons. The predicted octanol–water partition coefficient (Wildman–Crippen LogP) is 1.31. The molecule has 10 heteroatoms. The fraction of sp³-hybridized carbons (Fsp3) is 0. The molecule has 0 rings (SSSR count). The van der Waals surface area contributed by atoms with E-state index in [0.29, 0.717) is 6.21 Å². The molecule has 0 saturated carbocycles. The Bertz CT molecular complexity index is 279. The lowest BCUT2D eigenvalue weighted by molar-refractivity contribution is 0.149. The minimum Gasteiger partial charge on any atom is -0.411 e. The maximum Gasteiger partial charge on any atom is 0.188 e. The summed E-state index contributed by atoms with van der Waals surface area (Å²) in [6.45, 7) is 0. The molecule has 0 bridgehead atoms. The Morgan fingerprint density at radius 2 is 2.17 bits per heavy atom. The zero-order valence-electron chi connectivity index (χ0n) is 5.51. The zero-order chi connectivity index (χ0) is 9.23. The van der Waals surface area contributed by atoms with Crippen LogP contribution in [0, 0.1) is 0 Å². The smallest absolute Gasteiger partial charge is 0.188 e. The van der Waals surface area contributed by atoms with E-state index in [0.717, 1.165) is 0 Å². The maximum atomic E-state index is 7.97. The second-order valence-electron chi connectivity index (χ2n) is 1.14. The number of oxime groups is 2. The highest BCUT2D eigenvalue weighted by atomic mass is 16.8. The highest BCUT2D eigenvalue weighted by molar-refractivity contribution is 6.29. The molecule has 10 nitrogen and oxygen atoms in total. The predicted molar refractivity (Wildman–Crippen MR) is 37.1 cm³/mol. The van der Waals surface area contributed by atoms with Crippen LogP contribution in [0.25, 0.3) is 20.9 Å². The van der Waals surface area contributed by atoms with Gasteiger partial charge < -0.3 is 5.21 Å². The van der Waals surface area contributed by atoms with Gasteiger partial charge in [0.1, 0.15) is 5.28 Å². The minimum atomic E-state index is -0.382. The largest absolute Gasteiger partial charge is 0.411 e. The van der Waals surface area contributed by atoms with Gasteiger partial charge in [-0.3, -0.25) is 4.94 Å². The van der Waals surface area contributed by atoms with E-state index in [2.05, 4.69) is 35.5 Å². The third-order valence-electron chi connectivity index (χ3n) is 0.528. The number of amidine groups is 1. The van der Waals surface area contributed by atoms with Crippen molar-refractivity contribution in [3.8, 4) is 0 Å². The van der Waals surface area contributed by atoms with Gasteiger partial charge in [0.05, 0.1) is 6.21 Å². The van der Waals surface area contributed by atoms with Crippen LogP contribution < -0.4 is 0 Å². The van der Waals surface area contributed by atoms with Crippen LogP contribution in [0.1, 0.15) is 0 Å². The molecule has 0 aliphatic rings. The molecule has 0 fully saturated rings. The van der Waals surface area contributed by atoms with Gasteiger partial charge in [-0.05, 0) is 16.2 Å². The van der Waals surface area contributed by atoms with Gasteiger partial charge in [-0.15, -0.1) is 0 Å². The number of hydrogen-bond donors (Lipinski definition) is 1. The molecule has 0 amide bonds. The fourth-order valence-electron chi connectivity index (χ4n) is 0.242. The third-order valence-corrected chi connectivity index (χ3v) is 0.528. The monoisotopic (exact) mass is 170 g/mol. The molecule has 0 aromatic heterocycles. The van der Waals surface area contributed by atoms with E-state index in [1.54, 1.807) is 0 Å². The van der Waals surface area contributed by atoms with Crippen LogP contribution in [-0.4, -0.2) is 17.3 Å². The van der Waals surface area contributed by atoms with Gasteiger partial charge in [0.2, 0.25) is 0 Å². The third kappa shape index (κ3) is 4.44. The Hall–Kier alpha value is -2.44. The molecule has 0 aromatic carbocycles. The van der Waals surface area contributed by atoms with Crippen LogP contribution in [0.3, 0.4) is 0 Å². The second kappa shape index (κ2) is 6.68. The first-order chi connectivity index (χ1) is 5.85. The molecule has 0 heterocycles. The molecule has 0 saturated heterocycles. The molecule has 0 aromatic rings. The lowest BCUT2D eigenvalue weighted by Crippen LogP contribution is -1.93. The van der Waals surface area contributed by atoms with Crippen molar-refractivity contribution in [2.75, 3.05) is 0 Å². The van der Waals surface area contributed by atoms with Crippen molar-refractivity contribution in [3.05, 3.63) is 20.9 Å². The SMILES string of the molecule is [N-]=[N+]=NON=C(C=NO)N=[N+]=[N-]. The molecular formula is C2H2N8O2. The van der Waals surface area contributed by atoms with Crippen LogP contribution in [0.4, 0.5) is 0 Å². The first-order valence-electron chi connectivity index (χ1n) is 2.36. The van der Waals surface area contributed by atoms with E-state index in [1.807, 2.05) is 0 Å². The van der Waals surface area contributed by atoms with Gasteiger partial charge in [-0.1, -0.05) is 10.3 Å². The van der Waals surface area contributed by atoms with E-state index in [9.17, 15) is 0 Å². The standard InChI is InChI=1S/C2H2N8O2/c3-8-6-2(1-5-11)7-12-10-9-4/h1,11H. The Balaban J connectivity index is 4.37. The van der Waals surface area contributed by atoms with Gasteiger partial charge in [0, 0.05) is 9.82 Å². The molecular weight excluding hydrogens is 168 g/mol. The molecule has 0 aliphatic carbocycles. The van der Waals surface area contributed by atoms with Gasteiger partial charge in [-0.25, -0.2) is 0 Å². The van der Waals surface area contributed by atoms with Crippen molar-refractivity contribution in [3.63, 3.8) is 0 Å². The minimum absolute atomic E-state index is 0.382. The van der Waals surface area contributed by atoms with Crippen molar-refractivity contribution >= 4 is 12.1 Å². The average Bonchev–Trinajstić information content (AvgIpc) is 2.06. The van der Waals surface area contributed by atoms with Crippen molar-refractivity contribution in [2.45, 2.75) is 0 Å². The Kier molecular flexibility index (Phi) is 5.32. The van der Waals surface area contributed by atoms with Gasteiger partial charge in [-0.2, -0.15) is 0 Å². The topological polar surface area (TPSA) is 152 Å². The van der Waals surface area contributed by atoms with E-state index >= 15 is 0 Å². The van der Waals surface area contributed by atoms with Crippen molar-refractivity contribution in [1.29, 1.82) is 0 Å². The number of rotatable bonds is 3. The summed E-state index contributed by atoms with van der Waals surface area (Å²) in [7, 11) is 0. The highest BCUT2D eigenvalue weighted by Crippen LogP contribution is 1.83. The summed E-state index contributed by atoms with van der Waals surface area (Å²) >= 11 is 0. The van der Waals surface area contributed by atoms with Crippen molar-refractivity contribution in [1.82, 2.24) is 0 Å². The fourth-order valence-corrected chi connectivity index (χ4v) is 0.242. The first kappa shape index (κ1) is 9.56. The zero-order valence-corrected chi connectivity index (χ0v) is 5.51. The van der Waals surface area contributed by atoms with E-state index in [1.165, 1.54) is 0 Å². The molecule has 0 aliphatic heterocycles. The Morgan fingerprint density at radius 3 is 2.67 bits per heavy atom. The van der Waals surface area contributed by atoms with Crippen LogP contribution in [-0.2, 0) is 4.94 Å². The van der Waals surface area contributed by atoms with Crippen molar-refractivity contribution < 1.29 is 10.1 Å². The van der Waals surface area contributed by atoms with Crippen LogP contribution in [0.15, 0.2) is 20.7 Å². The molecule has 62 valence electrons. The van der Waals surface area contributed by atoms with E-state index < -0.39 is 0 Å².